The number of benzene rings is 1. The highest BCUT2D eigenvalue weighted by Gasteiger charge is 2.44. The van der Waals surface area contributed by atoms with E-state index in [0.717, 1.165) is 0 Å². The first-order valence-electron chi connectivity index (χ1n) is 6.04. The van der Waals surface area contributed by atoms with Gasteiger partial charge in [0, 0.05) is 12.5 Å². The van der Waals surface area contributed by atoms with Gasteiger partial charge in [-0.3, -0.25) is 4.79 Å². The molecule has 5 nitrogen and oxygen atoms in total. The second kappa shape index (κ2) is 4.56. The molecule has 0 unspecified atom stereocenters. The largest absolute Gasteiger partial charge is 0.483 e. The fraction of sp³-hybridized carbons (Fsp3) is 0.429. The van der Waals surface area contributed by atoms with Crippen LogP contribution >= 0.6 is 0 Å². The molecule has 100 valence electrons. The fourth-order valence-corrected chi connectivity index (χ4v) is 2.27. The lowest BCUT2D eigenvalue weighted by atomic mass is 9.85. The Morgan fingerprint density at radius 2 is 2.21 bits per heavy atom. The number of ether oxygens (including phenoxy) is 1. The van der Waals surface area contributed by atoms with Crippen molar-refractivity contribution in [2.24, 2.45) is 0 Å². The molecule has 2 atom stereocenters. The van der Waals surface area contributed by atoms with Gasteiger partial charge >= 0.3 is 0 Å². The van der Waals surface area contributed by atoms with E-state index in [4.69, 9.17) is 10.00 Å². The van der Waals surface area contributed by atoms with Gasteiger partial charge in [-0.15, -0.1) is 0 Å². The molecule has 0 saturated carbocycles. The second-order valence-corrected chi connectivity index (χ2v) is 5.16. The van der Waals surface area contributed by atoms with Gasteiger partial charge in [0.05, 0.1) is 11.6 Å². The van der Waals surface area contributed by atoms with Gasteiger partial charge in [0.2, 0.25) is 5.91 Å². The zero-order valence-corrected chi connectivity index (χ0v) is 11.1. The van der Waals surface area contributed by atoms with E-state index in [0.29, 0.717) is 16.9 Å². The number of nitrogens with zero attached hydrogens (tertiary/aromatic N) is 1. The minimum absolute atomic E-state index is 0.241. The van der Waals surface area contributed by atoms with Gasteiger partial charge in [-0.25, -0.2) is 0 Å². The zero-order chi connectivity index (χ0) is 14.2. The van der Waals surface area contributed by atoms with Gasteiger partial charge in [-0.05, 0) is 19.9 Å². The lowest BCUT2D eigenvalue weighted by Gasteiger charge is -2.42. The zero-order valence-electron chi connectivity index (χ0n) is 11.1. The Hall–Kier alpha value is -2.06. The van der Waals surface area contributed by atoms with E-state index >= 15 is 0 Å². The molecule has 0 bridgehead atoms. The number of carbonyl (C=O) groups excluding carboxylic acids is 1. The van der Waals surface area contributed by atoms with Crippen LogP contribution in [0.1, 0.15) is 37.9 Å². The Morgan fingerprint density at radius 1 is 1.53 bits per heavy atom. The minimum Gasteiger partial charge on any atom is -0.483 e. The molecule has 0 saturated heterocycles. The quantitative estimate of drug-likeness (QED) is 0.796. The summed E-state index contributed by atoms with van der Waals surface area (Å²) in [5.74, 6) is 0.189. The Kier molecular flexibility index (Phi) is 3.21. The number of fused-ring (bicyclic) bond motifs is 1. The lowest BCUT2D eigenvalue weighted by Crippen LogP contribution is -2.53. The smallest absolute Gasteiger partial charge is 0.217 e. The Morgan fingerprint density at radius 3 is 2.79 bits per heavy atom. The topological polar surface area (TPSA) is 82.4 Å². The van der Waals surface area contributed by atoms with Crippen LogP contribution in [0.2, 0.25) is 0 Å². The third-order valence-electron chi connectivity index (χ3n) is 3.25. The van der Waals surface area contributed by atoms with Crippen LogP contribution in [0, 0.1) is 11.3 Å². The number of hydrogen-bond acceptors (Lipinski definition) is 4. The van der Waals surface area contributed by atoms with Crippen LogP contribution in [0.15, 0.2) is 18.2 Å². The maximum Gasteiger partial charge on any atom is 0.217 e. The molecule has 2 N–H and O–H groups in total. The third-order valence-corrected chi connectivity index (χ3v) is 3.25. The molecule has 0 radical (unpaired) electrons. The first-order chi connectivity index (χ1) is 8.86. The van der Waals surface area contributed by atoms with Gasteiger partial charge in [0.15, 0.2) is 0 Å². The van der Waals surface area contributed by atoms with Crippen LogP contribution < -0.4 is 10.1 Å². The predicted molar refractivity (Wildman–Crippen MR) is 68.4 cm³/mol. The van der Waals surface area contributed by atoms with Crippen molar-refractivity contribution in [3.8, 4) is 11.8 Å². The number of para-hydroxylation sites is 1. The monoisotopic (exact) mass is 260 g/mol. The Labute approximate surface area is 111 Å². The summed E-state index contributed by atoms with van der Waals surface area (Å²) in [7, 11) is 0. The number of nitriles is 1. The van der Waals surface area contributed by atoms with Crippen LogP contribution in [0.4, 0.5) is 0 Å². The first kappa shape index (κ1) is 13.4. The van der Waals surface area contributed by atoms with Gasteiger partial charge < -0.3 is 15.2 Å². The average molecular weight is 260 g/mol. The molecular formula is C14H16N2O3. The molecule has 0 fully saturated rings. The third kappa shape index (κ3) is 2.27. The number of aliphatic hydroxyl groups is 1. The second-order valence-electron chi connectivity index (χ2n) is 5.16. The molecule has 19 heavy (non-hydrogen) atoms. The summed E-state index contributed by atoms with van der Waals surface area (Å²) in [4.78, 5) is 11.3. The molecule has 0 spiro atoms. The van der Waals surface area contributed by atoms with Crippen molar-refractivity contribution in [3.05, 3.63) is 29.3 Å². The number of hydrogen-bond donors (Lipinski definition) is 2. The van der Waals surface area contributed by atoms with Crippen molar-refractivity contribution < 1.29 is 14.6 Å². The van der Waals surface area contributed by atoms with Crippen molar-refractivity contribution in [2.75, 3.05) is 0 Å². The number of carbonyl (C=O) groups is 1. The minimum atomic E-state index is -0.891. The SMILES string of the molecule is CC(=O)N[C@@H]1c2cccc(C#N)c2OC(C)(C)[C@H]1O. The Balaban J connectivity index is 2.57. The molecule has 1 aromatic carbocycles. The van der Waals surface area contributed by atoms with E-state index in [-0.39, 0.29) is 5.91 Å². The number of aliphatic hydroxyl groups excluding tert-OH is 1. The molecule has 1 amide bonds. The molecule has 0 aliphatic carbocycles. The first-order valence-corrected chi connectivity index (χ1v) is 6.04. The van der Waals surface area contributed by atoms with E-state index in [2.05, 4.69) is 11.4 Å². The summed E-state index contributed by atoms with van der Waals surface area (Å²) in [6, 6.07) is 6.59. The Bertz CT molecular complexity index is 560. The van der Waals surface area contributed by atoms with E-state index in [1.807, 2.05) is 0 Å². The van der Waals surface area contributed by atoms with Crippen molar-refractivity contribution >= 4 is 5.91 Å². The summed E-state index contributed by atoms with van der Waals surface area (Å²) >= 11 is 0. The van der Waals surface area contributed by atoms with E-state index in [9.17, 15) is 9.90 Å². The summed E-state index contributed by atoms with van der Waals surface area (Å²) in [5, 5.41) is 22.2. The summed E-state index contributed by atoms with van der Waals surface area (Å²) < 4.78 is 5.74. The van der Waals surface area contributed by atoms with Crippen molar-refractivity contribution in [1.29, 1.82) is 5.26 Å². The predicted octanol–water partition coefficient (Wildman–Crippen LogP) is 1.27. The maximum absolute atomic E-state index is 11.3. The van der Waals surface area contributed by atoms with Crippen LogP contribution in [0.5, 0.6) is 5.75 Å². The molecule has 5 heteroatoms. The van der Waals surface area contributed by atoms with Gasteiger partial charge in [0.1, 0.15) is 23.5 Å². The number of rotatable bonds is 1. The number of amides is 1. The van der Waals surface area contributed by atoms with Crippen LogP contribution in [0.25, 0.3) is 0 Å². The molecule has 1 aromatic rings. The van der Waals surface area contributed by atoms with E-state index in [1.165, 1.54) is 6.92 Å². The maximum atomic E-state index is 11.3. The lowest BCUT2D eigenvalue weighted by molar-refractivity contribution is -0.123. The average Bonchev–Trinajstić information content (AvgIpc) is 2.33. The molecule has 1 heterocycles. The molecular weight excluding hydrogens is 244 g/mol. The highest BCUT2D eigenvalue weighted by atomic mass is 16.5. The number of nitrogens with one attached hydrogen (secondary N) is 1. The molecule has 1 aliphatic heterocycles. The van der Waals surface area contributed by atoms with Gasteiger partial charge in [0.25, 0.3) is 0 Å². The molecule has 0 aromatic heterocycles. The highest BCUT2D eigenvalue weighted by molar-refractivity contribution is 5.74. The van der Waals surface area contributed by atoms with Crippen LogP contribution in [-0.4, -0.2) is 22.7 Å². The normalized spacial score (nSPS) is 23.7. The van der Waals surface area contributed by atoms with E-state index in [1.54, 1.807) is 32.0 Å². The summed E-state index contributed by atoms with van der Waals surface area (Å²) in [6.45, 7) is 4.84. The highest BCUT2D eigenvalue weighted by Crippen LogP contribution is 2.41. The summed E-state index contributed by atoms with van der Waals surface area (Å²) in [5.41, 5.74) is 0.140. The summed E-state index contributed by atoms with van der Waals surface area (Å²) in [6.07, 6.45) is -0.891. The van der Waals surface area contributed by atoms with Crippen molar-refractivity contribution in [3.63, 3.8) is 0 Å². The van der Waals surface area contributed by atoms with Gasteiger partial charge in [-0.1, -0.05) is 12.1 Å². The molecule has 2 rings (SSSR count). The standard InChI is InChI=1S/C14H16N2O3/c1-8(17)16-11-10-6-4-5-9(7-15)12(10)19-14(2,3)13(11)18/h4-6,11,13,18H,1-3H3,(H,16,17)/t11-,13+/m1/s1. The van der Waals surface area contributed by atoms with Gasteiger partial charge in [-0.2, -0.15) is 5.26 Å². The fourth-order valence-electron chi connectivity index (χ4n) is 2.27. The van der Waals surface area contributed by atoms with Crippen molar-refractivity contribution in [1.82, 2.24) is 5.32 Å². The van der Waals surface area contributed by atoms with Crippen LogP contribution in [0.3, 0.4) is 0 Å². The van der Waals surface area contributed by atoms with E-state index < -0.39 is 17.7 Å². The van der Waals surface area contributed by atoms with Crippen LogP contribution in [-0.2, 0) is 4.79 Å². The van der Waals surface area contributed by atoms with Crippen molar-refractivity contribution in [2.45, 2.75) is 38.5 Å². The molecule has 1 aliphatic rings.